The minimum absolute atomic E-state index is 0.225. The monoisotopic (exact) mass is 207 g/mol. The summed E-state index contributed by atoms with van der Waals surface area (Å²) in [5, 5.41) is 7.87. The van der Waals surface area contributed by atoms with Gasteiger partial charge in [0, 0.05) is 0 Å². The Morgan fingerprint density at radius 3 is 3.07 bits per heavy atom. The lowest BCUT2D eigenvalue weighted by atomic mass is 10.3. The van der Waals surface area contributed by atoms with Crippen LogP contribution in [0.4, 0.5) is 4.39 Å². The fraction of sp³-hybridized carbons (Fsp3) is 0.111. The number of hydrogen-bond donors (Lipinski definition) is 0. The molecule has 0 atom stereocenters. The van der Waals surface area contributed by atoms with E-state index < -0.39 is 0 Å². The van der Waals surface area contributed by atoms with Crippen LogP contribution >= 0.6 is 11.3 Å². The molecule has 0 amide bonds. The molecule has 2 heterocycles. The summed E-state index contributed by atoms with van der Waals surface area (Å²) in [5.74, 6) is 0.494. The molecule has 0 radical (unpaired) electrons. The molecule has 2 aromatic heterocycles. The van der Waals surface area contributed by atoms with Gasteiger partial charge in [-0.1, -0.05) is 17.4 Å². The van der Waals surface area contributed by atoms with E-state index in [2.05, 4.69) is 10.2 Å². The van der Waals surface area contributed by atoms with Gasteiger partial charge in [0.2, 0.25) is 4.96 Å². The average Bonchev–Trinajstić information content (AvgIpc) is 2.67. The normalized spacial score (nSPS) is 11.6. The number of halogens is 1. The van der Waals surface area contributed by atoms with Gasteiger partial charge in [-0.3, -0.25) is 4.40 Å². The van der Waals surface area contributed by atoms with Crippen LogP contribution in [0.3, 0.4) is 0 Å². The summed E-state index contributed by atoms with van der Waals surface area (Å²) in [4.78, 5) is 0.739. The van der Waals surface area contributed by atoms with E-state index in [9.17, 15) is 4.39 Å². The summed E-state index contributed by atoms with van der Waals surface area (Å²) in [5.41, 5.74) is 0.579. The molecule has 5 heteroatoms. The van der Waals surface area contributed by atoms with Crippen molar-refractivity contribution in [2.24, 2.45) is 0 Å². The first-order chi connectivity index (χ1) is 6.77. The highest BCUT2D eigenvalue weighted by Gasteiger charge is 2.12. The van der Waals surface area contributed by atoms with Crippen molar-refractivity contribution in [3.8, 4) is 0 Å². The topological polar surface area (TPSA) is 30.2 Å². The van der Waals surface area contributed by atoms with Gasteiger partial charge in [0.15, 0.2) is 0 Å². The molecule has 0 aliphatic heterocycles. The number of rotatable bonds is 0. The van der Waals surface area contributed by atoms with Crippen molar-refractivity contribution >= 4 is 26.5 Å². The minimum atomic E-state index is -0.225. The van der Waals surface area contributed by atoms with Crippen LogP contribution in [0.5, 0.6) is 0 Å². The highest BCUT2D eigenvalue weighted by molar-refractivity contribution is 7.23. The maximum absolute atomic E-state index is 13.5. The third kappa shape index (κ3) is 0.846. The summed E-state index contributed by atoms with van der Waals surface area (Å²) in [6, 6.07) is 5.04. The summed E-state index contributed by atoms with van der Waals surface area (Å²) >= 11 is 1.45. The van der Waals surface area contributed by atoms with Crippen LogP contribution in [0, 0.1) is 12.7 Å². The molecule has 70 valence electrons. The molecule has 0 aliphatic carbocycles. The van der Waals surface area contributed by atoms with Gasteiger partial charge in [0.1, 0.15) is 17.2 Å². The fourth-order valence-corrected chi connectivity index (χ4v) is 2.58. The number of hydrogen-bond acceptors (Lipinski definition) is 3. The van der Waals surface area contributed by atoms with Crippen molar-refractivity contribution in [3.05, 3.63) is 29.8 Å². The zero-order valence-electron chi connectivity index (χ0n) is 7.36. The molecule has 0 aliphatic rings. The molecule has 0 bridgehead atoms. The second-order valence-corrected chi connectivity index (χ2v) is 4.06. The van der Waals surface area contributed by atoms with E-state index in [1.165, 1.54) is 17.4 Å². The maximum Gasteiger partial charge on any atom is 0.217 e. The Hall–Kier alpha value is -1.49. The first kappa shape index (κ1) is 7.87. The number of aromatic nitrogens is 3. The Balaban J connectivity index is 2.68. The molecule has 0 saturated carbocycles. The zero-order chi connectivity index (χ0) is 9.71. The van der Waals surface area contributed by atoms with Gasteiger partial charge in [-0.25, -0.2) is 4.39 Å². The highest BCUT2D eigenvalue weighted by Crippen LogP contribution is 2.27. The third-order valence-corrected chi connectivity index (χ3v) is 3.17. The van der Waals surface area contributed by atoms with Crippen molar-refractivity contribution in [2.45, 2.75) is 6.92 Å². The molecule has 3 aromatic rings. The SMILES string of the molecule is Cc1nnc2sc3cccc(F)c3n12. The van der Waals surface area contributed by atoms with E-state index in [-0.39, 0.29) is 5.82 Å². The summed E-state index contributed by atoms with van der Waals surface area (Å²) in [6.45, 7) is 1.82. The maximum atomic E-state index is 13.5. The van der Waals surface area contributed by atoms with Crippen LogP contribution < -0.4 is 0 Å². The van der Waals surface area contributed by atoms with E-state index in [1.54, 1.807) is 10.5 Å². The van der Waals surface area contributed by atoms with E-state index in [0.29, 0.717) is 5.52 Å². The number of nitrogens with zero attached hydrogens (tertiary/aromatic N) is 3. The van der Waals surface area contributed by atoms with Crippen molar-refractivity contribution in [1.82, 2.24) is 14.6 Å². The minimum Gasteiger partial charge on any atom is -0.267 e. The lowest BCUT2D eigenvalue weighted by Gasteiger charge is -1.93. The Labute approximate surface area is 82.8 Å². The van der Waals surface area contributed by atoms with Crippen LogP contribution in [-0.4, -0.2) is 14.6 Å². The predicted molar refractivity (Wildman–Crippen MR) is 53.1 cm³/mol. The van der Waals surface area contributed by atoms with Crippen molar-refractivity contribution in [3.63, 3.8) is 0 Å². The van der Waals surface area contributed by atoms with Crippen LogP contribution in [-0.2, 0) is 0 Å². The second kappa shape index (κ2) is 2.51. The van der Waals surface area contributed by atoms with E-state index >= 15 is 0 Å². The number of aryl methyl sites for hydroxylation is 1. The van der Waals surface area contributed by atoms with E-state index in [1.807, 2.05) is 13.0 Å². The fourth-order valence-electron chi connectivity index (χ4n) is 1.56. The van der Waals surface area contributed by atoms with Crippen molar-refractivity contribution in [1.29, 1.82) is 0 Å². The van der Waals surface area contributed by atoms with Crippen LogP contribution in [0.25, 0.3) is 15.2 Å². The number of benzene rings is 1. The zero-order valence-corrected chi connectivity index (χ0v) is 8.18. The average molecular weight is 207 g/mol. The molecule has 0 N–H and O–H groups in total. The molecule has 3 rings (SSSR count). The molecular formula is C9H6FN3S. The molecule has 3 nitrogen and oxygen atoms in total. The standard InChI is InChI=1S/C9H6FN3S/c1-5-11-12-9-13(5)8-6(10)3-2-4-7(8)14-9/h2-4H,1H3. The smallest absolute Gasteiger partial charge is 0.217 e. The Morgan fingerprint density at radius 2 is 2.21 bits per heavy atom. The molecule has 0 fully saturated rings. The van der Waals surface area contributed by atoms with Gasteiger partial charge >= 0.3 is 0 Å². The molecule has 0 unspecified atom stereocenters. The second-order valence-electron chi connectivity index (χ2n) is 3.05. The first-order valence-electron chi connectivity index (χ1n) is 4.16. The molecule has 1 aromatic carbocycles. The van der Waals surface area contributed by atoms with Gasteiger partial charge in [0.05, 0.1) is 4.70 Å². The van der Waals surface area contributed by atoms with Crippen LogP contribution in [0.1, 0.15) is 5.82 Å². The number of fused-ring (bicyclic) bond motifs is 3. The van der Waals surface area contributed by atoms with E-state index in [4.69, 9.17) is 0 Å². The molecular weight excluding hydrogens is 201 g/mol. The number of para-hydroxylation sites is 1. The van der Waals surface area contributed by atoms with Crippen LogP contribution in [0.2, 0.25) is 0 Å². The molecule has 14 heavy (non-hydrogen) atoms. The lowest BCUT2D eigenvalue weighted by molar-refractivity contribution is 0.635. The summed E-state index contributed by atoms with van der Waals surface area (Å²) < 4.78 is 16.2. The van der Waals surface area contributed by atoms with E-state index in [0.717, 1.165) is 15.5 Å². The van der Waals surface area contributed by atoms with Gasteiger partial charge in [0.25, 0.3) is 0 Å². The van der Waals surface area contributed by atoms with Gasteiger partial charge < -0.3 is 0 Å². The van der Waals surface area contributed by atoms with Gasteiger partial charge in [-0.05, 0) is 19.1 Å². The van der Waals surface area contributed by atoms with Crippen LogP contribution in [0.15, 0.2) is 18.2 Å². The molecule has 0 saturated heterocycles. The van der Waals surface area contributed by atoms with Crippen molar-refractivity contribution < 1.29 is 4.39 Å². The Morgan fingerprint density at radius 1 is 1.36 bits per heavy atom. The van der Waals surface area contributed by atoms with Gasteiger partial charge in [-0.15, -0.1) is 10.2 Å². The summed E-state index contributed by atoms with van der Waals surface area (Å²) in [7, 11) is 0. The van der Waals surface area contributed by atoms with Crippen molar-refractivity contribution in [2.75, 3.05) is 0 Å². The Bertz CT molecular complexity index is 625. The lowest BCUT2D eigenvalue weighted by Crippen LogP contribution is -1.87. The largest absolute Gasteiger partial charge is 0.267 e. The van der Waals surface area contributed by atoms with Gasteiger partial charge in [-0.2, -0.15) is 0 Å². The molecule has 0 spiro atoms. The number of thiazole rings is 1. The Kier molecular flexibility index (Phi) is 1.41. The first-order valence-corrected chi connectivity index (χ1v) is 4.98. The highest BCUT2D eigenvalue weighted by atomic mass is 32.1. The summed E-state index contributed by atoms with van der Waals surface area (Å²) in [6.07, 6.45) is 0. The quantitative estimate of drug-likeness (QED) is 0.566. The predicted octanol–water partition coefficient (Wildman–Crippen LogP) is 2.39. The third-order valence-electron chi connectivity index (χ3n) is 2.17.